The Hall–Kier alpha value is -2.49. The Kier molecular flexibility index (Phi) is 4.81. The molecule has 0 saturated carbocycles. The van der Waals surface area contributed by atoms with Gasteiger partial charge in [0.15, 0.2) is 0 Å². The number of nitrogens with one attached hydrogen (secondary N) is 1. The molecule has 2 aromatic rings. The Bertz CT molecular complexity index is 807. The topological polar surface area (TPSA) is 41.6 Å². The minimum atomic E-state index is -0.301. The average molecular weight is 364 g/mol. The lowest BCUT2D eigenvalue weighted by Gasteiger charge is -2.37. The number of hydrogen-bond acceptors (Lipinski definition) is 3. The van der Waals surface area contributed by atoms with Crippen LogP contribution < -0.4 is 15.0 Å². The molecule has 0 radical (unpaired) electrons. The fraction of sp³-hybridized carbons (Fsp3) is 0.435. The molecule has 142 valence electrons. The molecule has 4 rings (SSSR count). The summed E-state index contributed by atoms with van der Waals surface area (Å²) in [4.78, 5) is 15.3. The Balaban J connectivity index is 1.49. The zero-order chi connectivity index (χ0) is 18.9. The van der Waals surface area contributed by atoms with Crippen LogP contribution in [0.4, 0.5) is 5.69 Å². The number of amides is 1. The number of fused-ring (bicyclic) bond motifs is 1. The second-order valence-electron chi connectivity index (χ2n) is 8.22. The minimum absolute atomic E-state index is 0.0299. The van der Waals surface area contributed by atoms with Gasteiger partial charge in [0, 0.05) is 36.3 Å². The summed E-state index contributed by atoms with van der Waals surface area (Å²) in [5, 5.41) is 3.21. The Morgan fingerprint density at radius 2 is 1.74 bits per heavy atom. The second-order valence-corrected chi connectivity index (χ2v) is 8.22. The van der Waals surface area contributed by atoms with Crippen molar-refractivity contribution in [2.45, 2.75) is 51.2 Å². The number of piperidine rings is 1. The van der Waals surface area contributed by atoms with E-state index in [1.807, 2.05) is 36.4 Å². The number of carbonyl (C=O) groups is 1. The van der Waals surface area contributed by atoms with E-state index in [1.54, 1.807) is 0 Å². The minimum Gasteiger partial charge on any atom is -0.487 e. The third kappa shape index (κ3) is 3.95. The first-order chi connectivity index (χ1) is 13.0. The van der Waals surface area contributed by atoms with Crippen LogP contribution in [0.5, 0.6) is 5.75 Å². The number of rotatable bonds is 3. The molecule has 0 spiro atoms. The van der Waals surface area contributed by atoms with Crippen molar-refractivity contribution in [2.75, 3.05) is 18.0 Å². The number of hydrogen-bond donors (Lipinski definition) is 1. The van der Waals surface area contributed by atoms with Gasteiger partial charge >= 0.3 is 0 Å². The van der Waals surface area contributed by atoms with E-state index in [-0.39, 0.29) is 17.6 Å². The van der Waals surface area contributed by atoms with Crippen LogP contribution >= 0.6 is 0 Å². The van der Waals surface area contributed by atoms with E-state index in [0.29, 0.717) is 5.56 Å². The van der Waals surface area contributed by atoms with Gasteiger partial charge in [0.2, 0.25) is 0 Å². The number of anilines is 1. The summed E-state index contributed by atoms with van der Waals surface area (Å²) in [6, 6.07) is 16.0. The summed E-state index contributed by atoms with van der Waals surface area (Å²) in [5.74, 6) is 0.831. The highest BCUT2D eigenvalue weighted by atomic mass is 16.5. The lowest BCUT2D eigenvalue weighted by atomic mass is 9.89. The predicted molar refractivity (Wildman–Crippen MR) is 108 cm³/mol. The first-order valence-electron chi connectivity index (χ1n) is 9.96. The molecule has 27 heavy (non-hydrogen) atoms. The van der Waals surface area contributed by atoms with Crippen LogP contribution in [0.1, 0.15) is 61.5 Å². The standard InChI is InChI=1S/C23H28N2O2/c1-23(2)16-20(19-8-4-5-9-21(19)27-23)24-22(26)17-10-12-18(13-11-17)25-14-6-3-7-15-25/h4-5,8-13,20H,3,6-7,14-16H2,1-2H3,(H,24,26). The molecule has 2 aromatic carbocycles. The van der Waals surface area contributed by atoms with Crippen molar-refractivity contribution in [3.8, 4) is 5.75 Å². The van der Waals surface area contributed by atoms with Crippen molar-refractivity contribution in [3.05, 3.63) is 59.7 Å². The Morgan fingerprint density at radius 1 is 1.04 bits per heavy atom. The molecule has 1 saturated heterocycles. The number of carbonyl (C=O) groups excluding carboxylic acids is 1. The van der Waals surface area contributed by atoms with Crippen LogP contribution in [0, 0.1) is 0 Å². The van der Waals surface area contributed by atoms with Gasteiger partial charge in [-0.3, -0.25) is 4.79 Å². The average Bonchev–Trinajstić information content (AvgIpc) is 2.68. The molecule has 1 unspecified atom stereocenters. The Labute approximate surface area is 161 Å². The van der Waals surface area contributed by atoms with Crippen LogP contribution in [0.3, 0.4) is 0 Å². The maximum atomic E-state index is 12.9. The van der Waals surface area contributed by atoms with E-state index in [2.05, 4.69) is 36.2 Å². The summed E-state index contributed by atoms with van der Waals surface area (Å²) in [6.45, 7) is 6.35. The summed E-state index contributed by atoms with van der Waals surface area (Å²) in [5.41, 5.74) is 2.67. The summed E-state index contributed by atoms with van der Waals surface area (Å²) in [7, 11) is 0. The SMILES string of the molecule is CC1(C)CC(NC(=O)c2ccc(N3CCCCC3)cc2)c2ccccc2O1. The van der Waals surface area contributed by atoms with Crippen molar-refractivity contribution in [1.29, 1.82) is 0 Å². The summed E-state index contributed by atoms with van der Waals surface area (Å²) < 4.78 is 6.06. The third-order valence-electron chi connectivity index (χ3n) is 5.53. The predicted octanol–water partition coefficient (Wildman–Crippen LogP) is 4.71. The van der Waals surface area contributed by atoms with Gasteiger partial charge in [0.25, 0.3) is 5.91 Å². The summed E-state index contributed by atoms with van der Waals surface area (Å²) in [6.07, 6.45) is 4.57. The van der Waals surface area contributed by atoms with Crippen molar-refractivity contribution in [3.63, 3.8) is 0 Å². The number of para-hydroxylation sites is 1. The zero-order valence-electron chi connectivity index (χ0n) is 16.2. The first kappa shape index (κ1) is 17.9. The van der Waals surface area contributed by atoms with Gasteiger partial charge in [-0.1, -0.05) is 18.2 Å². The van der Waals surface area contributed by atoms with Crippen LogP contribution in [0.2, 0.25) is 0 Å². The highest BCUT2D eigenvalue weighted by Crippen LogP contribution is 2.39. The monoisotopic (exact) mass is 364 g/mol. The molecule has 1 N–H and O–H groups in total. The lowest BCUT2D eigenvalue weighted by Crippen LogP contribution is -2.41. The molecule has 0 aliphatic carbocycles. The molecular formula is C23H28N2O2. The van der Waals surface area contributed by atoms with Crippen molar-refractivity contribution in [1.82, 2.24) is 5.32 Å². The van der Waals surface area contributed by atoms with Crippen LogP contribution in [-0.4, -0.2) is 24.6 Å². The lowest BCUT2D eigenvalue weighted by molar-refractivity contribution is 0.0620. The molecule has 0 bridgehead atoms. The van der Waals surface area contributed by atoms with E-state index < -0.39 is 0 Å². The fourth-order valence-electron chi connectivity index (χ4n) is 4.15. The molecule has 2 aliphatic rings. The molecule has 1 fully saturated rings. The molecule has 0 aromatic heterocycles. The van der Waals surface area contributed by atoms with E-state index >= 15 is 0 Å². The van der Waals surface area contributed by atoms with Crippen molar-refractivity contribution < 1.29 is 9.53 Å². The van der Waals surface area contributed by atoms with Gasteiger partial charge in [-0.15, -0.1) is 0 Å². The molecule has 2 aliphatic heterocycles. The van der Waals surface area contributed by atoms with Crippen molar-refractivity contribution in [2.24, 2.45) is 0 Å². The Morgan fingerprint density at radius 3 is 2.48 bits per heavy atom. The highest BCUT2D eigenvalue weighted by molar-refractivity contribution is 5.94. The number of benzene rings is 2. The van der Waals surface area contributed by atoms with E-state index in [1.165, 1.54) is 24.9 Å². The largest absolute Gasteiger partial charge is 0.487 e. The second kappa shape index (κ2) is 7.26. The maximum absolute atomic E-state index is 12.9. The van der Waals surface area contributed by atoms with Gasteiger partial charge in [-0.25, -0.2) is 0 Å². The zero-order valence-corrected chi connectivity index (χ0v) is 16.2. The molecule has 4 nitrogen and oxygen atoms in total. The number of ether oxygens (including phenoxy) is 1. The normalized spacial score (nSPS) is 21.1. The van der Waals surface area contributed by atoms with Gasteiger partial charge in [-0.05, 0) is 63.4 Å². The smallest absolute Gasteiger partial charge is 0.251 e. The van der Waals surface area contributed by atoms with Crippen molar-refractivity contribution >= 4 is 11.6 Å². The van der Waals surface area contributed by atoms with Crippen LogP contribution in [0.15, 0.2) is 48.5 Å². The first-order valence-corrected chi connectivity index (χ1v) is 9.96. The van der Waals surface area contributed by atoms with Gasteiger partial charge in [-0.2, -0.15) is 0 Å². The van der Waals surface area contributed by atoms with E-state index in [4.69, 9.17) is 4.74 Å². The fourth-order valence-corrected chi connectivity index (χ4v) is 4.15. The molecule has 4 heteroatoms. The molecular weight excluding hydrogens is 336 g/mol. The highest BCUT2D eigenvalue weighted by Gasteiger charge is 2.34. The maximum Gasteiger partial charge on any atom is 0.251 e. The molecule has 1 amide bonds. The van der Waals surface area contributed by atoms with Gasteiger partial charge in [0.1, 0.15) is 11.4 Å². The quantitative estimate of drug-likeness (QED) is 0.858. The summed E-state index contributed by atoms with van der Waals surface area (Å²) >= 11 is 0. The number of nitrogens with zero attached hydrogens (tertiary/aromatic N) is 1. The van der Waals surface area contributed by atoms with Gasteiger partial charge in [0.05, 0.1) is 6.04 Å². The molecule has 1 atom stereocenters. The van der Waals surface area contributed by atoms with E-state index in [0.717, 1.165) is 30.8 Å². The van der Waals surface area contributed by atoms with E-state index in [9.17, 15) is 4.79 Å². The van der Waals surface area contributed by atoms with Crippen LogP contribution in [-0.2, 0) is 0 Å². The van der Waals surface area contributed by atoms with Crippen LogP contribution in [0.25, 0.3) is 0 Å². The van der Waals surface area contributed by atoms with Gasteiger partial charge < -0.3 is 15.0 Å². The molecule has 2 heterocycles. The third-order valence-corrected chi connectivity index (χ3v) is 5.53.